The number of methoxy groups -OCH3 is 1. The molecule has 0 saturated carbocycles. The Balaban J connectivity index is 2.79. The SMILES string of the molecule is COCC(C)(C)NS(=O)(=O)Cc1cccc(CN)c1. The minimum absolute atomic E-state index is 0.0615. The first kappa shape index (κ1) is 16.1. The molecule has 5 nitrogen and oxygen atoms in total. The van der Waals surface area contributed by atoms with Gasteiger partial charge in [-0.2, -0.15) is 0 Å². The van der Waals surface area contributed by atoms with Crippen molar-refractivity contribution in [3.63, 3.8) is 0 Å². The Labute approximate surface area is 115 Å². The lowest BCUT2D eigenvalue weighted by atomic mass is 10.1. The van der Waals surface area contributed by atoms with Gasteiger partial charge < -0.3 is 10.5 Å². The molecule has 0 fully saturated rings. The van der Waals surface area contributed by atoms with Gasteiger partial charge in [0.2, 0.25) is 10.0 Å². The summed E-state index contributed by atoms with van der Waals surface area (Å²) in [6.07, 6.45) is 0. The lowest BCUT2D eigenvalue weighted by Crippen LogP contribution is -2.47. The Morgan fingerprint density at radius 1 is 1.32 bits per heavy atom. The Morgan fingerprint density at radius 2 is 1.95 bits per heavy atom. The van der Waals surface area contributed by atoms with Crippen LogP contribution in [-0.2, 0) is 27.1 Å². The van der Waals surface area contributed by atoms with Crippen molar-refractivity contribution in [3.8, 4) is 0 Å². The van der Waals surface area contributed by atoms with E-state index in [4.69, 9.17) is 10.5 Å². The fourth-order valence-electron chi connectivity index (χ4n) is 1.91. The third kappa shape index (κ3) is 5.69. The van der Waals surface area contributed by atoms with E-state index in [1.807, 2.05) is 18.2 Å². The van der Waals surface area contributed by atoms with E-state index in [1.165, 1.54) is 0 Å². The quantitative estimate of drug-likeness (QED) is 0.783. The van der Waals surface area contributed by atoms with Gasteiger partial charge in [-0.15, -0.1) is 0 Å². The smallest absolute Gasteiger partial charge is 0.216 e. The summed E-state index contributed by atoms with van der Waals surface area (Å²) in [5, 5.41) is 0. The molecule has 0 aliphatic rings. The maximum absolute atomic E-state index is 12.1. The highest BCUT2D eigenvalue weighted by molar-refractivity contribution is 7.88. The number of nitrogens with two attached hydrogens (primary N) is 1. The van der Waals surface area contributed by atoms with Crippen LogP contribution in [0.25, 0.3) is 0 Å². The molecule has 0 unspecified atom stereocenters. The molecule has 3 N–H and O–H groups in total. The first-order valence-corrected chi connectivity index (χ1v) is 7.72. The standard InChI is InChI=1S/C13H22N2O3S/c1-13(2,10-18-3)15-19(16,17)9-12-6-4-5-11(7-12)8-14/h4-7,15H,8-10,14H2,1-3H3. The second kappa shape index (κ2) is 6.47. The lowest BCUT2D eigenvalue weighted by Gasteiger charge is -2.24. The van der Waals surface area contributed by atoms with Gasteiger partial charge in [-0.05, 0) is 25.0 Å². The molecule has 108 valence electrons. The molecule has 0 radical (unpaired) electrons. The van der Waals surface area contributed by atoms with Crippen LogP contribution < -0.4 is 10.5 Å². The summed E-state index contributed by atoms with van der Waals surface area (Å²) >= 11 is 0. The number of nitrogens with one attached hydrogen (secondary N) is 1. The van der Waals surface area contributed by atoms with E-state index in [0.717, 1.165) is 11.1 Å². The summed E-state index contributed by atoms with van der Waals surface area (Å²) in [6, 6.07) is 7.27. The molecule has 1 aromatic carbocycles. The van der Waals surface area contributed by atoms with Crippen LogP contribution in [0, 0.1) is 0 Å². The van der Waals surface area contributed by atoms with E-state index in [0.29, 0.717) is 13.2 Å². The van der Waals surface area contributed by atoms with Crippen LogP contribution in [-0.4, -0.2) is 27.7 Å². The fraction of sp³-hybridized carbons (Fsp3) is 0.538. The molecule has 0 amide bonds. The molecule has 0 heterocycles. The Kier molecular flexibility index (Phi) is 5.49. The first-order valence-electron chi connectivity index (χ1n) is 6.06. The number of hydrogen-bond donors (Lipinski definition) is 2. The van der Waals surface area contributed by atoms with Gasteiger partial charge in [0.05, 0.1) is 17.9 Å². The van der Waals surface area contributed by atoms with E-state index < -0.39 is 15.6 Å². The number of rotatable bonds is 7. The third-order valence-electron chi connectivity index (χ3n) is 2.52. The number of ether oxygens (including phenoxy) is 1. The first-order chi connectivity index (χ1) is 8.78. The van der Waals surface area contributed by atoms with E-state index in [1.54, 1.807) is 27.0 Å². The highest BCUT2D eigenvalue weighted by atomic mass is 32.2. The minimum atomic E-state index is -3.41. The zero-order valence-electron chi connectivity index (χ0n) is 11.6. The van der Waals surface area contributed by atoms with Crippen molar-refractivity contribution in [1.29, 1.82) is 0 Å². The zero-order valence-corrected chi connectivity index (χ0v) is 12.5. The molecule has 6 heteroatoms. The molecule has 0 aromatic heterocycles. The molecular weight excluding hydrogens is 264 g/mol. The Morgan fingerprint density at radius 3 is 2.53 bits per heavy atom. The zero-order chi connectivity index (χ0) is 14.5. The van der Waals surface area contributed by atoms with Crippen LogP contribution in [0.15, 0.2) is 24.3 Å². The van der Waals surface area contributed by atoms with Gasteiger partial charge in [0, 0.05) is 13.7 Å². The van der Waals surface area contributed by atoms with E-state index in [2.05, 4.69) is 4.72 Å². The molecular formula is C13H22N2O3S. The average Bonchev–Trinajstić information content (AvgIpc) is 2.26. The highest BCUT2D eigenvalue weighted by Crippen LogP contribution is 2.11. The summed E-state index contributed by atoms with van der Waals surface area (Å²) in [4.78, 5) is 0. The maximum atomic E-state index is 12.1. The summed E-state index contributed by atoms with van der Waals surface area (Å²) in [5.41, 5.74) is 6.56. The predicted molar refractivity (Wildman–Crippen MR) is 76.0 cm³/mol. The molecule has 0 atom stereocenters. The molecule has 0 aliphatic heterocycles. The molecule has 0 bridgehead atoms. The van der Waals surface area contributed by atoms with Crippen molar-refractivity contribution in [1.82, 2.24) is 4.72 Å². The highest BCUT2D eigenvalue weighted by Gasteiger charge is 2.24. The summed E-state index contributed by atoms with van der Waals surface area (Å²) in [7, 11) is -1.87. The van der Waals surface area contributed by atoms with Gasteiger partial charge in [-0.3, -0.25) is 0 Å². The fourth-order valence-corrected chi connectivity index (χ4v) is 3.50. The topological polar surface area (TPSA) is 81.4 Å². The van der Waals surface area contributed by atoms with Crippen molar-refractivity contribution in [2.45, 2.75) is 31.7 Å². The molecule has 1 rings (SSSR count). The molecule has 0 spiro atoms. The second-order valence-electron chi connectivity index (χ2n) is 5.20. The van der Waals surface area contributed by atoms with Gasteiger partial charge in [0.25, 0.3) is 0 Å². The van der Waals surface area contributed by atoms with Crippen LogP contribution in [0.2, 0.25) is 0 Å². The summed E-state index contributed by atoms with van der Waals surface area (Å²) in [5.74, 6) is -0.0615. The minimum Gasteiger partial charge on any atom is -0.383 e. The Hall–Kier alpha value is -0.950. The molecule has 1 aromatic rings. The normalized spacial score (nSPS) is 12.6. The van der Waals surface area contributed by atoms with Crippen molar-refractivity contribution < 1.29 is 13.2 Å². The lowest BCUT2D eigenvalue weighted by molar-refractivity contribution is 0.141. The van der Waals surface area contributed by atoms with Crippen LogP contribution in [0.5, 0.6) is 0 Å². The number of benzene rings is 1. The van der Waals surface area contributed by atoms with E-state index in [-0.39, 0.29) is 5.75 Å². The molecule has 0 aliphatic carbocycles. The number of hydrogen-bond acceptors (Lipinski definition) is 4. The van der Waals surface area contributed by atoms with Crippen molar-refractivity contribution in [2.24, 2.45) is 5.73 Å². The number of sulfonamides is 1. The van der Waals surface area contributed by atoms with E-state index >= 15 is 0 Å². The monoisotopic (exact) mass is 286 g/mol. The largest absolute Gasteiger partial charge is 0.383 e. The van der Waals surface area contributed by atoms with Crippen LogP contribution >= 0.6 is 0 Å². The van der Waals surface area contributed by atoms with Gasteiger partial charge in [0.1, 0.15) is 0 Å². The van der Waals surface area contributed by atoms with Crippen molar-refractivity contribution in [3.05, 3.63) is 35.4 Å². The van der Waals surface area contributed by atoms with Crippen LogP contribution in [0.1, 0.15) is 25.0 Å². The second-order valence-corrected chi connectivity index (χ2v) is 6.92. The Bertz CT molecular complexity index is 512. The summed E-state index contributed by atoms with van der Waals surface area (Å²) < 4.78 is 31.8. The summed E-state index contributed by atoms with van der Waals surface area (Å²) in [6.45, 7) is 4.28. The van der Waals surface area contributed by atoms with Crippen molar-refractivity contribution in [2.75, 3.05) is 13.7 Å². The maximum Gasteiger partial charge on any atom is 0.216 e. The van der Waals surface area contributed by atoms with Gasteiger partial charge in [0.15, 0.2) is 0 Å². The van der Waals surface area contributed by atoms with Gasteiger partial charge in [-0.1, -0.05) is 24.3 Å². The van der Waals surface area contributed by atoms with Crippen LogP contribution in [0.4, 0.5) is 0 Å². The van der Waals surface area contributed by atoms with Crippen molar-refractivity contribution >= 4 is 10.0 Å². The van der Waals surface area contributed by atoms with E-state index in [9.17, 15) is 8.42 Å². The molecule has 0 saturated heterocycles. The average molecular weight is 286 g/mol. The predicted octanol–water partition coefficient (Wildman–Crippen LogP) is 0.990. The van der Waals surface area contributed by atoms with Gasteiger partial charge in [-0.25, -0.2) is 13.1 Å². The molecule has 19 heavy (non-hydrogen) atoms. The third-order valence-corrected chi connectivity index (χ3v) is 4.10. The van der Waals surface area contributed by atoms with Crippen LogP contribution in [0.3, 0.4) is 0 Å². The van der Waals surface area contributed by atoms with Gasteiger partial charge >= 0.3 is 0 Å².